The van der Waals surface area contributed by atoms with Crippen molar-refractivity contribution < 1.29 is 9.84 Å². The number of benzene rings is 1. The second kappa shape index (κ2) is 7.98. The first-order valence-electron chi connectivity index (χ1n) is 8.70. The molecular weight excluding hydrogens is 453 g/mol. The van der Waals surface area contributed by atoms with Crippen LogP contribution >= 0.6 is 35.6 Å². The van der Waals surface area contributed by atoms with Gasteiger partial charge in [0.2, 0.25) is 0 Å². The highest BCUT2D eigenvalue weighted by Crippen LogP contribution is 2.47. The Labute approximate surface area is 170 Å². The fourth-order valence-corrected chi connectivity index (χ4v) is 4.58. The van der Waals surface area contributed by atoms with Crippen molar-refractivity contribution in [2.45, 2.75) is 31.2 Å². The summed E-state index contributed by atoms with van der Waals surface area (Å²) in [5.74, 6) is 2.16. The van der Waals surface area contributed by atoms with Gasteiger partial charge in [0.05, 0.1) is 18.3 Å². The number of fused-ring (bicyclic) bond motifs is 5. The van der Waals surface area contributed by atoms with Crippen molar-refractivity contribution in [2.75, 3.05) is 26.7 Å². The fraction of sp³-hybridized carbons (Fsp3) is 0.611. The molecule has 5 unspecified atom stereocenters. The molecule has 0 aromatic heterocycles. The molecule has 2 bridgehead atoms. The summed E-state index contributed by atoms with van der Waals surface area (Å²) in [5, 5.41) is 14.3. The quantitative estimate of drug-likeness (QED) is 0.399. The molecule has 1 aromatic carbocycles. The lowest BCUT2D eigenvalue weighted by molar-refractivity contribution is 0.0766. The van der Waals surface area contributed by atoms with Crippen LogP contribution in [0.15, 0.2) is 29.3 Å². The zero-order valence-corrected chi connectivity index (χ0v) is 17.4. The molecule has 0 amide bonds. The first kappa shape index (κ1) is 19.2. The van der Waals surface area contributed by atoms with E-state index in [1.807, 2.05) is 12.1 Å². The van der Waals surface area contributed by atoms with E-state index < -0.39 is 6.10 Å². The average molecular weight is 478 g/mol. The van der Waals surface area contributed by atoms with Gasteiger partial charge in [-0.15, -0.1) is 24.0 Å². The van der Waals surface area contributed by atoms with Gasteiger partial charge in [-0.3, -0.25) is 4.99 Å². The molecule has 5 atom stereocenters. The first-order valence-corrected chi connectivity index (χ1v) is 9.08. The Balaban J connectivity index is 0.00000182. The van der Waals surface area contributed by atoms with E-state index in [1.165, 1.54) is 12.8 Å². The third-order valence-electron chi connectivity index (χ3n) is 5.67. The van der Waals surface area contributed by atoms with Gasteiger partial charge in [-0.2, -0.15) is 0 Å². The maximum absolute atomic E-state index is 10.4. The Morgan fingerprint density at radius 1 is 1.28 bits per heavy atom. The Morgan fingerprint density at radius 3 is 2.44 bits per heavy atom. The summed E-state index contributed by atoms with van der Waals surface area (Å²) in [4.78, 5) is 6.72. The number of hydrogen-bond acceptors (Lipinski definition) is 3. The van der Waals surface area contributed by atoms with Gasteiger partial charge in [0.25, 0.3) is 0 Å². The number of aliphatic hydroxyl groups excluding tert-OH is 1. The summed E-state index contributed by atoms with van der Waals surface area (Å²) in [7, 11) is 1.80. The van der Waals surface area contributed by atoms with Crippen LogP contribution in [0.2, 0.25) is 5.02 Å². The molecule has 3 aliphatic rings. The van der Waals surface area contributed by atoms with Crippen molar-refractivity contribution >= 4 is 41.5 Å². The molecule has 7 heteroatoms. The molecule has 3 aliphatic heterocycles. The molecule has 0 radical (unpaired) electrons. The van der Waals surface area contributed by atoms with Crippen LogP contribution in [-0.2, 0) is 4.74 Å². The summed E-state index contributed by atoms with van der Waals surface area (Å²) in [6.07, 6.45) is 2.73. The van der Waals surface area contributed by atoms with Gasteiger partial charge in [0, 0.05) is 43.5 Å². The lowest BCUT2D eigenvalue weighted by Gasteiger charge is -2.24. The van der Waals surface area contributed by atoms with Gasteiger partial charge >= 0.3 is 0 Å². The molecule has 3 fully saturated rings. The van der Waals surface area contributed by atoms with E-state index >= 15 is 0 Å². The molecule has 138 valence electrons. The van der Waals surface area contributed by atoms with Crippen molar-refractivity contribution in [3.05, 3.63) is 34.9 Å². The minimum Gasteiger partial charge on any atom is -0.387 e. The summed E-state index contributed by atoms with van der Waals surface area (Å²) < 4.78 is 6.03. The number of rotatable bonds is 3. The second-order valence-corrected chi connectivity index (χ2v) is 7.45. The van der Waals surface area contributed by atoms with Crippen LogP contribution in [0, 0.1) is 11.8 Å². The van der Waals surface area contributed by atoms with Crippen molar-refractivity contribution in [3.63, 3.8) is 0 Å². The molecule has 0 spiro atoms. The number of likely N-dealkylation sites (tertiary alicyclic amines) is 1. The van der Waals surface area contributed by atoms with Gasteiger partial charge in [0.1, 0.15) is 0 Å². The van der Waals surface area contributed by atoms with Crippen LogP contribution in [0.25, 0.3) is 0 Å². The first-order chi connectivity index (χ1) is 11.7. The van der Waals surface area contributed by atoms with Gasteiger partial charge < -0.3 is 20.1 Å². The number of nitrogens with one attached hydrogen (secondary N) is 1. The molecule has 3 saturated heterocycles. The number of hydrogen-bond donors (Lipinski definition) is 2. The van der Waals surface area contributed by atoms with Crippen molar-refractivity contribution in [1.29, 1.82) is 0 Å². The molecule has 4 rings (SSSR count). The lowest BCUT2D eigenvalue weighted by atomic mass is 9.82. The zero-order valence-electron chi connectivity index (χ0n) is 14.3. The van der Waals surface area contributed by atoms with E-state index in [9.17, 15) is 5.11 Å². The number of ether oxygens (including phenoxy) is 1. The van der Waals surface area contributed by atoms with Gasteiger partial charge in [-0.25, -0.2) is 0 Å². The Hall–Kier alpha value is -0.570. The van der Waals surface area contributed by atoms with E-state index in [2.05, 4.69) is 15.2 Å². The highest BCUT2D eigenvalue weighted by molar-refractivity contribution is 14.0. The molecule has 0 saturated carbocycles. The Bertz CT molecular complexity index is 609. The van der Waals surface area contributed by atoms with Crippen LogP contribution in [-0.4, -0.2) is 54.9 Å². The zero-order chi connectivity index (χ0) is 16.7. The fourth-order valence-electron chi connectivity index (χ4n) is 4.46. The SMILES string of the molecule is CN=C(NCC(O)c1ccc(Cl)cc1)N1CC2C3CCC(O3)C2C1.I. The number of aliphatic hydroxyl groups is 1. The Morgan fingerprint density at radius 2 is 1.88 bits per heavy atom. The predicted molar refractivity (Wildman–Crippen MR) is 110 cm³/mol. The summed E-state index contributed by atoms with van der Waals surface area (Å²) >= 11 is 5.89. The lowest BCUT2D eigenvalue weighted by Crippen LogP contribution is -2.42. The summed E-state index contributed by atoms with van der Waals surface area (Å²) in [6.45, 7) is 2.44. The van der Waals surface area contributed by atoms with Crippen molar-refractivity contribution in [2.24, 2.45) is 16.8 Å². The summed E-state index contributed by atoms with van der Waals surface area (Å²) in [5.41, 5.74) is 0.854. The minimum atomic E-state index is -0.583. The molecule has 25 heavy (non-hydrogen) atoms. The topological polar surface area (TPSA) is 57.1 Å². The van der Waals surface area contributed by atoms with E-state index in [4.69, 9.17) is 16.3 Å². The number of halogens is 2. The van der Waals surface area contributed by atoms with E-state index in [0.717, 1.165) is 24.6 Å². The maximum Gasteiger partial charge on any atom is 0.193 e. The Kier molecular flexibility index (Phi) is 6.13. The van der Waals surface area contributed by atoms with Gasteiger partial charge in [-0.1, -0.05) is 23.7 Å². The molecule has 1 aromatic rings. The molecule has 0 aliphatic carbocycles. The van der Waals surface area contributed by atoms with Crippen molar-refractivity contribution in [1.82, 2.24) is 10.2 Å². The molecule has 3 heterocycles. The third kappa shape index (κ3) is 3.77. The number of aliphatic imine (C=N–C) groups is 1. The highest BCUT2D eigenvalue weighted by Gasteiger charge is 2.53. The van der Waals surface area contributed by atoms with Crippen LogP contribution in [0.5, 0.6) is 0 Å². The third-order valence-corrected chi connectivity index (χ3v) is 5.92. The van der Waals surface area contributed by atoms with Crippen molar-refractivity contribution in [3.8, 4) is 0 Å². The normalized spacial score (nSPS) is 31.6. The minimum absolute atomic E-state index is 0. The highest BCUT2D eigenvalue weighted by atomic mass is 127. The standard InChI is InChI=1S/C18H24ClN3O2.HI/c1-20-18(21-8-15(23)11-2-4-12(19)5-3-11)22-9-13-14(10-22)17-7-6-16(13)24-17;/h2-5,13-17,23H,6-10H2,1H3,(H,20,21);1H. The molecular formula is C18H25ClIN3O2. The molecule has 5 nitrogen and oxygen atoms in total. The van der Waals surface area contributed by atoms with Crippen LogP contribution in [0.3, 0.4) is 0 Å². The number of guanidine groups is 1. The average Bonchev–Trinajstić information content (AvgIpc) is 3.29. The predicted octanol–water partition coefficient (Wildman–Crippen LogP) is 2.68. The maximum atomic E-state index is 10.4. The van der Waals surface area contributed by atoms with Gasteiger partial charge in [0.15, 0.2) is 5.96 Å². The van der Waals surface area contributed by atoms with Gasteiger partial charge in [-0.05, 0) is 30.5 Å². The molecule has 2 N–H and O–H groups in total. The van der Waals surface area contributed by atoms with E-state index in [0.29, 0.717) is 35.6 Å². The van der Waals surface area contributed by atoms with Crippen LogP contribution < -0.4 is 5.32 Å². The van der Waals surface area contributed by atoms with E-state index in [-0.39, 0.29) is 24.0 Å². The number of nitrogens with zero attached hydrogens (tertiary/aromatic N) is 2. The summed E-state index contributed by atoms with van der Waals surface area (Å²) in [6, 6.07) is 7.30. The van der Waals surface area contributed by atoms with Crippen LogP contribution in [0.4, 0.5) is 0 Å². The van der Waals surface area contributed by atoms with E-state index in [1.54, 1.807) is 19.2 Å². The largest absolute Gasteiger partial charge is 0.387 e. The smallest absolute Gasteiger partial charge is 0.193 e. The second-order valence-electron chi connectivity index (χ2n) is 7.02. The van der Waals surface area contributed by atoms with Crippen LogP contribution in [0.1, 0.15) is 24.5 Å². The monoisotopic (exact) mass is 477 g/mol.